The lowest BCUT2D eigenvalue weighted by Gasteiger charge is -2.44. The topological polar surface area (TPSA) is 110 Å². The van der Waals surface area contributed by atoms with Crippen LogP contribution in [0.1, 0.15) is 33.6 Å². The van der Waals surface area contributed by atoms with Gasteiger partial charge < -0.3 is 0 Å². The number of hydrazine groups is 1. The Morgan fingerprint density at radius 2 is 1.48 bits per heavy atom. The molecule has 0 aromatic carbocycles. The van der Waals surface area contributed by atoms with E-state index in [2.05, 4.69) is 17.6 Å². The van der Waals surface area contributed by atoms with Crippen molar-refractivity contribution in [2.45, 2.75) is 39.7 Å². The Balaban J connectivity index is 3.19. The van der Waals surface area contributed by atoms with E-state index in [4.69, 9.17) is 0 Å². The molecule has 2 atom stereocenters. The second-order valence-electron chi connectivity index (χ2n) is 5.56. The van der Waals surface area contributed by atoms with Gasteiger partial charge in [-0.2, -0.15) is 21.0 Å². The average Bonchev–Trinajstić information content (AvgIpc) is 2.53. The number of rotatable bonds is 4. The highest BCUT2D eigenvalue weighted by Crippen LogP contribution is 2.49. The van der Waals surface area contributed by atoms with Crippen molar-refractivity contribution in [3.8, 4) is 24.3 Å². The van der Waals surface area contributed by atoms with Crippen LogP contribution in [-0.4, -0.2) is 24.1 Å². The van der Waals surface area contributed by atoms with E-state index in [1.54, 1.807) is 0 Å². The first-order chi connectivity index (χ1) is 9.97. The van der Waals surface area contributed by atoms with Crippen molar-refractivity contribution in [3.63, 3.8) is 0 Å². The molecule has 0 heterocycles. The van der Waals surface area contributed by atoms with Crippen LogP contribution in [0.25, 0.3) is 0 Å². The standard InChI is InChI=1S/C15H20N6/c1-4-21(5-2)20-13-6-12(3)14(8-16,9-17)7-15(13,10-18)11-19/h12-13,20H,4-7H2,1-3H3/t12-,13+/m0/s1. The quantitative estimate of drug-likeness (QED) is 0.786. The molecule has 0 spiro atoms. The predicted octanol–water partition coefficient (Wildman–Crippen LogP) is 1.70. The summed E-state index contributed by atoms with van der Waals surface area (Å²) in [5.41, 5.74) is 0.602. The van der Waals surface area contributed by atoms with Crippen LogP contribution in [0.3, 0.4) is 0 Å². The van der Waals surface area contributed by atoms with Crippen LogP contribution in [0.2, 0.25) is 0 Å². The molecule has 0 bridgehead atoms. The minimum Gasteiger partial charge on any atom is -0.249 e. The summed E-state index contributed by atoms with van der Waals surface area (Å²) in [6, 6.07) is 7.82. The Morgan fingerprint density at radius 1 is 1.00 bits per heavy atom. The fourth-order valence-electron chi connectivity index (χ4n) is 2.87. The van der Waals surface area contributed by atoms with Gasteiger partial charge in [-0.1, -0.05) is 20.8 Å². The lowest BCUT2D eigenvalue weighted by molar-refractivity contribution is 0.0588. The summed E-state index contributed by atoms with van der Waals surface area (Å²) < 4.78 is 0. The Hall–Kier alpha value is -2.12. The molecule has 0 radical (unpaired) electrons. The second-order valence-corrected chi connectivity index (χ2v) is 5.56. The number of hydrogen-bond acceptors (Lipinski definition) is 6. The first-order valence-electron chi connectivity index (χ1n) is 7.13. The number of nitrogens with zero attached hydrogens (tertiary/aromatic N) is 5. The summed E-state index contributed by atoms with van der Waals surface area (Å²) in [6.45, 7) is 7.30. The maximum atomic E-state index is 9.53. The van der Waals surface area contributed by atoms with Crippen LogP contribution < -0.4 is 5.43 Å². The SMILES string of the molecule is CCN(CC)N[C@@H]1C[C@H](C)C(C#N)(C#N)CC1(C#N)C#N. The van der Waals surface area contributed by atoms with Gasteiger partial charge in [-0.15, -0.1) is 0 Å². The van der Waals surface area contributed by atoms with Gasteiger partial charge in [-0.3, -0.25) is 0 Å². The molecular formula is C15H20N6. The lowest BCUT2D eigenvalue weighted by Crippen LogP contribution is -2.58. The summed E-state index contributed by atoms with van der Waals surface area (Å²) >= 11 is 0. The molecule has 110 valence electrons. The Bertz CT molecular complexity index is 508. The molecule has 0 unspecified atom stereocenters. The van der Waals surface area contributed by atoms with E-state index in [-0.39, 0.29) is 18.4 Å². The zero-order valence-corrected chi connectivity index (χ0v) is 12.7. The van der Waals surface area contributed by atoms with Crippen molar-refractivity contribution in [1.29, 1.82) is 21.0 Å². The molecule has 1 N–H and O–H groups in total. The third-order valence-corrected chi connectivity index (χ3v) is 4.48. The van der Waals surface area contributed by atoms with Gasteiger partial charge in [-0.05, 0) is 12.3 Å². The van der Waals surface area contributed by atoms with Crippen molar-refractivity contribution in [2.75, 3.05) is 13.1 Å². The molecule has 0 amide bonds. The third-order valence-electron chi connectivity index (χ3n) is 4.48. The third kappa shape index (κ3) is 2.84. The molecule has 0 aliphatic heterocycles. The van der Waals surface area contributed by atoms with Gasteiger partial charge in [0.1, 0.15) is 5.41 Å². The van der Waals surface area contributed by atoms with Gasteiger partial charge in [0.05, 0.1) is 30.3 Å². The van der Waals surface area contributed by atoms with E-state index < -0.39 is 10.8 Å². The highest BCUT2D eigenvalue weighted by molar-refractivity contribution is 5.30. The van der Waals surface area contributed by atoms with Crippen LogP contribution in [0, 0.1) is 62.1 Å². The fourth-order valence-corrected chi connectivity index (χ4v) is 2.87. The fraction of sp³-hybridized carbons (Fsp3) is 0.733. The van der Waals surface area contributed by atoms with E-state index in [0.29, 0.717) is 6.42 Å². The van der Waals surface area contributed by atoms with E-state index in [9.17, 15) is 21.0 Å². The largest absolute Gasteiger partial charge is 0.249 e. The maximum Gasteiger partial charge on any atom is 0.162 e. The van der Waals surface area contributed by atoms with Crippen LogP contribution in [0.5, 0.6) is 0 Å². The Morgan fingerprint density at radius 3 is 1.86 bits per heavy atom. The van der Waals surface area contributed by atoms with Crippen LogP contribution >= 0.6 is 0 Å². The first-order valence-corrected chi connectivity index (χ1v) is 7.13. The lowest BCUT2D eigenvalue weighted by atomic mass is 9.57. The highest BCUT2D eigenvalue weighted by Gasteiger charge is 2.56. The van der Waals surface area contributed by atoms with Gasteiger partial charge >= 0.3 is 0 Å². The Kier molecular flexibility index (Phi) is 5.28. The Labute approximate surface area is 126 Å². The molecule has 0 aromatic rings. The number of nitriles is 4. The molecule has 0 saturated heterocycles. The average molecular weight is 284 g/mol. The summed E-state index contributed by atoms with van der Waals surface area (Å²) in [7, 11) is 0. The molecule has 0 aromatic heterocycles. The summed E-state index contributed by atoms with van der Waals surface area (Å²) in [5.74, 6) is -0.199. The van der Waals surface area contributed by atoms with Crippen molar-refractivity contribution in [3.05, 3.63) is 0 Å². The molecule has 1 rings (SSSR count). The minimum absolute atomic E-state index is 0.0416. The molecule has 1 aliphatic rings. The smallest absolute Gasteiger partial charge is 0.162 e. The van der Waals surface area contributed by atoms with Crippen molar-refractivity contribution in [2.24, 2.45) is 16.7 Å². The van der Waals surface area contributed by atoms with E-state index in [1.807, 2.05) is 37.9 Å². The zero-order valence-electron chi connectivity index (χ0n) is 12.7. The maximum absolute atomic E-state index is 9.53. The summed E-state index contributed by atoms with van der Waals surface area (Å²) in [4.78, 5) is 0. The monoisotopic (exact) mass is 284 g/mol. The first kappa shape index (κ1) is 16.9. The molecule has 1 aliphatic carbocycles. The van der Waals surface area contributed by atoms with Crippen molar-refractivity contribution < 1.29 is 0 Å². The van der Waals surface area contributed by atoms with Crippen molar-refractivity contribution in [1.82, 2.24) is 10.4 Å². The van der Waals surface area contributed by atoms with Gasteiger partial charge in [0, 0.05) is 19.5 Å². The number of hydrogen-bond donors (Lipinski definition) is 1. The zero-order chi connectivity index (χ0) is 16.1. The van der Waals surface area contributed by atoms with Gasteiger partial charge in [0.2, 0.25) is 0 Å². The predicted molar refractivity (Wildman–Crippen MR) is 75.6 cm³/mol. The molecule has 6 nitrogen and oxygen atoms in total. The highest BCUT2D eigenvalue weighted by atomic mass is 15.5. The van der Waals surface area contributed by atoms with Crippen molar-refractivity contribution >= 4 is 0 Å². The van der Waals surface area contributed by atoms with Crippen LogP contribution in [0.4, 0.5) is 0 Å². The van der Waals surface area contributed by atoms with Crippen LogP contribution in [-0.2, 0) is 0 Å². The van der Waals surface area contributed by atoms with E-state index in [1.165, 1.54) is 0 Å². The second kappa shape index (κ2) is 6.55. The van der Waals surface area contributed by atoms with Gasteiger partial charge in [0.25, 0.3) is 0 Å². The molecular weight excluding hydrogens is 264 g/mol. The van der Waals surface area contributed by atoms with Gasteiger partial charge in [0.15, 0.2) is 5.41 Å². The number of nitrogens with one attached hydrogen (secondary N) is 1. The molecule has 1 fully saturated rings. The van der Waals surface area contributed by atoms with Gasteiger partial charge in [-0.25, -0.2) is 10.4 Å². The molecule has 1 saturated carbocycles. The normalized spacial score (nSPS) is 26.1. The van der Waals surface area contributed by atoms with E-state index >= 15 is 0 Å². The summed E-state index contributed by atoms with van der Waals surface area (Å²) in [6.07, 6.45) is 0.402. The summed E-state index contributed by atoms with van der Waals surface area (Å²) in [5, 5.41) is 39.7. The van der Waals surface area contributed by atoms with E-state index in [0.717, 1.165) is 13.1 Å². The minimum atomic E-state index is -1.36. The molecule has 21 heavy (non-hydrogen) atoms. The van der Waals surface area contributed by atoms with Crippen LogP contribution in [0.15, 0.2) is 0 Å². The molecule has 6 heteroatoms.